The highest BCUT2D eigenvalue weighted by molar-refractivity contribution is 5.89. The van der Waals surface area contributed by atoms with Gasteiger partial charge < -0.3 is 14.7 Å². The van der Waals surface area contributed by atoms with Gasteiger partial charge in [0.1, 0.15) is 6.04 Å². The van der Waals surface area contributed by atoms with Crippen molar-refractivity contribution in [3.63, 3.8) is 0 Å². The van der Waals surface area contributed by atoms with Crippen LogP contribution in [0, 0.1) is 12.3 Å². The van der Waals surface area contributed by atoms with Crippen molar-refractivity contribution in [2.45, 2.75) is 53.5 Å². The Hall–Kier alpha value is -2.74. The second-order valence-corrected chi connectivity index (χ2v) is 9.59. The van der Waals surface area contributed by atoms with Crippen molar-refractivity contribution in [2.75, 3.05) is 32.7 Å². The van der Waals surface area contributed by atoms with Crippen molar-refractivity contribution in [3.05, 3.63) is 35.7 Å². The van der Waals surface area contributed by atoms with E-state index in [-0.39, 0.29) is 11.8 Å². The topological polar surface area (TPSA) is 91.6 Å². The van der Waals surface area contributed by atoms with Crippen LogP contribution in [0.2, 0.25) is 0 Å². The van der Waals surface area contributed by atoms with E-state index >= 15 is 0 Å². The number of piperazine rings is 1. The van der Waals surface area contributed by atoms with E-state index in [0.29, 0.717) is 24.8 Å². The van der Waals surface area contributed by atoms with E-state index in [1.165, 1.54) is 5.56 Å². The first-order chi connectivity index (χ1) is 15.1. The van der Waals surface area contributed by atoms with Crippen LogP contribution >= 0.6 is 0 Å². The smallest absolute Gasteiger partial charge is 0.244 e. The summed E-state index contributed by atoms with van der Waals surface area (Å²) >= 11 is 0. The lowest BCUT2D eigenvalue weighted by molar-refractivity contribution is -0.139. The van der Waals surface area contributed by atoms with Crippen LogP contribution in [-0.2, 0) is 16.0 Å². The zero-order valence-electron chi connectivity index (χ0n) is 19.9. The van der Waals surface area contributed by atoms with Gasteiger partial charge in [-0.15, -0.1) is 0 Å². The number of hydrogen-bond acceptors (Lipinski definition) is 6. The fourth-order valence-corrected chi connectivity index (χ4v) is 3.57. The molecule has 2 amide bonds. The van der Waals surface area contributed by atoms with Crippen LogP contribution in [0.15, 0.2) is 28.8 Å². The van der Waals surface area contributed by atoms with E-state index in [0.717, 1.165) is 38.0 Å². The third-order valence-electron chi connectivity index (χ3n) is 5.73. The predicted molar refractivity (Wildman–Crippen MR) is 123 cm³/mol. The molecule has 0 spiro atoms. The minimum atomic E-state index is -0.507. The molecule has 1 aliphatic heterocycles. The zero-order chi connectivity index (χ0) is 23.3. The Labute approximate surface area is 190 Å². The molecule has 1 atom stereocenters. The van der Waals surface area contributed by atoms with Crippen molar-refractivity contribution in [3.8, 4) is 11.4 Å². The van der Waals surface area contributed by atoms with Gasteiger partial charge in [0.15, 0.2) is 0 Å². The normalized spacial score (nSPS) is 16.1. The standard InChI is InChI=1S/C24H35N5O3/c1-17-8-10-19(11-9-17)21-26-20(32-27-21)7-6-12-28-13-15-29(16-14-28)22(30)18(2)25-23(31)24(3,4)5/h8-11,18H,6-7,12-16H2,1-5H3,(H,25,31). The minimum absolute atomic E-state index is 0.0169. The Morgan fingerprint density at radius 1 is 1.12 bits per heavy atom. The summed E-state index contributed by atoms with van der Waals surface area (Å²) in [4.78, 5) is 33.5. The van der Waals surface area contributed by atoms with Gasteiger partial charge in [-0.05, 0) is 26.8 Å². The number of nitrogens with zero attached hydrogens (tertiary/aromatic N) is 4. The summed E-state index contributed by atoms with van der Waals surface area (Å²) in [5.74, 6) is 1.15. The molecule has 0 radical (unpaired) electrons. The highest BCUT2D eigenvalue weighted by atomic mass is 16.5. The van der Waals surface area contributed by atoms with E-state index in [9.17, 15) is 9.59 Å². The molecule has 1 unspecified atom stereocenters. The SMILES string of the molecule is Cc1ccc(-c2noc(CCCN3CCN(C(=O)C(C)NC(=O)C(C)(C)C)CC3)n2)cc1. The van der Waals surface area contributed by atoms with Crippen LogP contribution in [0.25, 0.3) is 11.4 Å². The van der Waals surface area contributed by atoms with Gasteiger partial charge in [0, 0.05) is 43.6 Å². The second kappa shape index (κ2) is 10.3. The van der Waals surface area contributed by atoms with Crippen LogP contribution in [0.3, 0.4) is 0 Å². The van der Waals surface area contributed by atoms with Crippen molar-refractivity contribution < 1.29 is 14.1 Å². The minimum Gasteiger partial charge on any atom is -0.344 e. The monoisotopic (exact) mass is 441 g/mol. The molecule has 2 aromatic rings. The molecule has 2 heterocycles. The summed E-state index contributed by atoms with van der Waals surface area (Å²) in [5, 5.41) is 6.92. The number of hydrogen-bond donors (Lipinski definition) is 1. The Morgan fingerprint density at radius 3 is 2.41 bits per heavy atom. The van der Waals surface area contributed by atoms with Gasteiger partial charge in [-0.2, -0.15) is 4.98 Å². The van der Waals surface area contributed by atoms with Crippen LogP contribution in [0.4, 0.5) is 0 Å². The third-order valence-corrected chi connectivity index (χ3v) is 5.73. The Morgan fingerprint density at radius 2 is 1.78 bits per heavy atom. The van der Waals surface area contributed by atoms with Gasteiger partial charge in [0.05, 0.1) is 0 Å². The fourth-order valence-electron chi connectivity index (χ4n) is 3.57. The van der Waals surface area contributed by atoms with Crippen LogP contribution < -0.4 is 5.32 Å². The Kier molecular flexibility index (Phi) is 7.66. The average molecular weight is 442 g/mol. The third kappa shape index (κ3) is 6.38. The number of amides is 2. The molecule has 1 aliphatic rings. The van der Waals surface area contributed by atoms with Crippen molar-refractivity contribution >= 4 is 11.8 Å². The van der Waals surface area contributed by atoms with E-state index in [1.54, 1.807) is 6.92 Å². The summed E-state index contributed by atoms with van der Waals surface area (Å²) < 4.78 is 5.40. The van der Waals surface area contributed by atoms with Crippen LogP contribution in [0.5, 0.6) is 0 Å². The van der Waals surface area contributed by atoms with Crippen LogP contribution in [0.1, 0.15) is 45.6 Å². The molecule has 1 aromatic carbocycles. The van der Waals surface area contributed by atoms with E-state index in [2.05, 4.69) is 20.4 Å². The maximum atomic E-state index is 12.7. The first-order valence-electron chi connectivity index (χ1n) is 11.4. The molecule has 32 heavy (non-hydrogen) atoms. The number of aryl methyl sites for hydroxylation is 2. The van der Waals surface area contributed by atoms with Crippen molar-refractivity contribution in [1.29, 1.82) is 0 Å². The molecule has 0 bridgehead atoms. The maximum absolute atomic E-state index is 12.7. The van der Waals surface area contributed by atoms with Gasteiger partial charge in [-0.25, -0.2) is 0 Å². The van der Waals surface area contributed by atoms with Gasteiger partial charge in [-0.3, -0.25) is 14.5 Å². The molecule has 0 saturated carbocycles. The quantitative estimate of drug-likeness (QED) is 0.710. The molecule has 1 aromatic heterocycles. The molecule has 3 rings (SSSR count). The lowest BCUT2D eigenvalue weighted by Gasteiger charge is -2.36. The number of rotatable bonds is 7. The lowest BCUT2D eigenvalue weighted by Crippen LogP contribution is -2.55. The summed E-state index contributed by atoms with van der Waals surface area (Å²) in [6.45, 7) is 13.2. The highest BCUT2D eigenvalue weighted by Crippen LogP contribution is 2.17. The molecular weight excluding hydrogens is 406 g/mol. The number of aromatic nitrogens is 2. The predicted octanol–water partition coefficient (Wildman–Crippen LogP) is 2.67. The number of nitrogens with one attached hydrogen (secondary N) is 1. The first-order valence-corrected chi connectivity index (χ1v) is 11.4. The first kappa shape index (κ1) is 23.9. The Balaban J connectivity index is 1.39. The van der Waals surface area contributed by atoms with E-state index in [4.69, 9.17) is 4.52 Å². The summed E-state index contributed by atoms with van der Waals surface area (Å²) in [7, 11) is 0. The largest absolute Gasteiger partial charge is 0.344 e. The Bertz CT molecular complexity index is 908. The molecule has 1 saturated heterocycles. The highest BCUT2D eigenvalue weighted by Gasteiger charge is 2.29. The number of carbonyl (C=O) groups is 2. The molecule has 0 aliphatic carbocycles. The van der Waals surface area contributed by atoms with E-state index < -0.39 is 11.5 Å². The van der Waals surface area contributed by atoms with Crippen molar-refractivity contribution in [2.24, 2.45) is 5.41 Å². The summed E-state index contributed by atoms with van der Waals surface area (Å²) in [5.41, 5.74) is 1.65. The van der Waals surface area contributed by atoms with Gasteiger partial charge in [-0.1, -0.05) is 55.8 Å². The zero-order valence-corrected chi connectivity index (χ0v) is 19.9. The van der Waals surface area contributed by atoms with Crippen molar-refractivity contribution in [1.82, 2.24) is 25.3 Å². The number of benzene rings is 1. The molecule has 8 nitrogen and oxygen atoms in total. The van der Waals surface area contributed by atoms with Gasteiger partial charge in [0.25, 0.3) is 0 Å². The summed E-state index contributed by atoms with van der Waals surface area (Å²) in [6, 6.07) is 7.57. The van der Waals surface area contributed by atoms with Crippen LogP contribution in [-0.4, -0.2) is 70.5 Å². The van der Waals surface area contributed by atoms with Gasteiger partial charge >= 0.3 is 0 Å². The molecule has 1 fully saturated rings. The summed E-state index contributed by atoms with van der Waals surface area (Å²) in [6.07, 6.45) is 1.65. The van der Waals surface area contributed by atoms with E-state index in [1.807, 2.05) is 56.9 Å². The average Bonchev–Trinajstić information content (AvgIpc) is 3.22. The van der Waals surface area contributed by atoms with Gasteiger partial charge in [0.2, 0.25) is 23.5 Å². The second-order valence-electron chi connectivity index (χ2n) is 9.59. The lowest BCUT2D eigenvalue weighted by atomic mass is 9.95. The molecule has 8 heteroatoms. The molecular formula is C24H35N5O3. The number of carbonyl (C=O) groups excluding carboxylic acids is 2. The molecule has 174 valence electrons. The fraction of sp³-hybridized carbons (Fsp3) is 0.583. The maximum Gasteiger partial charge on any atom is 0.244 e. The molecule has 1 N–H and O–H groups in total.